The SMILES string of the molecule is C/C=C\C(=N)NC(=O)c1ccc(C)c(-c2cnc3[nH]c(=O)[nH]c3c2)c1. The van der Waals surface area contributed by atoms with Crippen LogP contribution in [-0.2, 0) is 0 Å². The third-order valence-corrected chi connectivity index (χ3v) is 3.76. The molecule has 0 saturated heterocycles. The van der Waals surface area contributed by atoms with Gasteiger partial charge >= 0.3 is 5.69 Å². The number of nitrogens with one attached hydrogen (secondary N) is 4. The van der Waals surface area contributed by atoms with Gasteiger partial charge in [-0.15, -0.1) is 0 Å². The van der Waals surface area contributed by atoms with E-state index in [0.717, 1.165) is 16.7 Å². The van der Waals surface area contributed by atoms with E-state index in [1.807, 2.05) is 19.1 Å². The molecule has 25 heavy (non-hydrogen) atoms. The molecule has 0 aliphatic carbocycles. The van der Waals surface area contributed by atoms with Gasteiger partial charge in [0.05, 0.1) is 5.52 Å². The number of carbonyl (C=O) groups excluding carboxylic acids is 1. The summed E-state index contributed by atoms with van der Waals surface area (Å²) in [5.41, 5.74) is 3.82. The summed E-state index contributed by atoms with van der Waals surface area (Å²) in [7, 11) is 0. The van der Waals surface area contributed by atoms with Crippen LogP contribution in [0.1, 0.15) is 22.8 Å². The Labute approximate surface area is 143 Å². The molecule has 0 fully saturated rings. The van der Waals surface area contributed by atoms with E-state index >= 15 is 0 Å². The molecule has 0 spiro atoms. The van der Waals surface area contributed by atoms with Gasteiger partial charge in [0.15, 0.2) is 5.65 Å². The van der Waals surface area contributed by atoms with Crippen molar-refractivity contribution in [2.24, 2.45) is 0 Å². The summed E-state index contributed by atoms with van der Waals surface area (Å²) in [6.07, 6.45) is 4.84. The molecule has 0 bridgehead atoms. The van der Waals surface area contributed by atoms with Gasteiger partial charge in [0.1, 0.15) is 5.84 Å². The number of H-pyrrole nitrogens is 2. The van der Waals surface area contributed by atoms with Gasteiger partial charge in [-0.1, -0.05) is 12.1 Å². The molecular weight excluding hydrogens is 318 g/mol. The molecule has 2 aromatic heterocycles. The first kappa shape index (κ1) is 16.4. The van der Waals surface area contributed by atoms with Gasteiger partial charge in [0, 0.05) is 17.3 Å². The maximum absolute atomic E-state index is 12.3. The fraction of sp³-hybridized carbons (Fsp3) is 0.111. The molecule has 0 unspecified atom stereocenters. The molecule has 4 N–H and O–H groups in total. The molecule has 1 amide bonds. The lowest BCUT2D eigenvalue weighted by molar-refractivity contribution is 0.0977. The molecule has 0 aliphatic rings. The fourth-order valence-corrected chi connectivity index (χ4v) is 2.55. The van der Waals surface area contributed by atoms with Crippen LogP contribution in [0.4, 0.5) is 0 Å². The second kappa shape index (κ2) is 6.56. The number of carbonyl (C=O) groups is 1. The van der Waals surface area contributed by atoms with Crippen LogP contribution >= 0.6 is 0 Å². The first-order chi connectivity index (χ1) is 12.0. The Morgan fingerprint density at radius 3 is 2.84 bits per heavy atom. The lowest BCUT2D eigenvalue weighted by Gasteiger charge is -2.09. The van der Waals surface area contributed by atoms with Crippen LogP contribution < -0.4 is 11.0 Å². The van der Waals surface area contributed by atoms with Crippen LogP contribution in [0.3, 0.4) is 0 Å². The zero-order chi connectivity index (χ0) is 18.0. The van der Waals surface area contributed by atoms with Crippen molar-refractivity contribution in [1.82, 2.24) is 20.3 Å². The monoisotopic (exact) mass is 335 g/mol. The highest BCUT2D eigenvalue weighted by Gasteiger charge is 2.11. The molecule has 3 aromatic rings. The Morgan fingerprint density at radius 1 is 1.28 bits per heavy atom. The molecular formula is C18H17N5O2. The van der Waals surface area contributed by atoms with Gasteiger partial charge in [-0.05, 0) is 49.2 Å². The van der Waals surface area contributed by atoms with Crippen molar-refractivity contribution >= 4 is 22.9 Å². The number of hydrogen-bond donors (Lipinski definition) is 4. The predicted molar refractivity (Wildman–Crippen MR) is 96.9 cm³/mol. The Morgan fingerprint density at radius 2 is 2.08 bits per heavy atom. The summed E-state index contributed by atoms with van der Waals surface area (Å²) in [4.78, 5) is 33.2. The van der Waals surface area contributed by atoms with Crippen LogP contribution in [0, 0.1) is 12.3 Å². The number of imidazole rings is 1. The standard InChI is InChI=1S/C18H17N5O2/c1-3-4-15(19)22-17(24)11-6-5-10(2)13(7-11)12-8-14-16(20-9-12)23-18(25)21-14/h3-9H,1-2H3,(H2,19,22,24)(H2,20,21,23,25)/b4-3-. The van der Waals surface area contributed by atoms with Gasteiger partial charge in [0.25, 0.3) is 5.91 Å². The van der Waals surface area contributed by atoms with E-state index in [1.165, 1.54) is 6.08 Å². The Balaban J connectivity index is 1.99. The van der Waals surface area contributed by atoms with Crippen molar-refractivity contribution in [2.75, 3.05) is 0 Å². The topological polar surface area (TPSA) is 114 Å². The maximum atomic E-state index is 12.3. The number of aromatic amines is 2. The number of nitrogens with zero attached hydrogens (tertiary/aromatic N) is 1. The number of benzene rings is 1. The zero-order valence-electron chi connectivity index (χ0n) is 13.8. The highest BCUT2D eigenvalue weighted by molar-refractivity contribution is 6.09. The molecule has 0 radical (unpaired) electrons. The summed E-state index contributed by atoms with van der Waals surface area (Å²) in [5.74, 6) is -0.323. The van der Waals surface area contributed by atoms with Crippen molar-refractivity contribution in [3.8, 4) is 11.1 Å². The van der Waals surface area contributed by atoms with E-state index < -0.39 is 0 Å². The van der Waals surface area contributed by atoms with Crippen molar-refractivity contribution in [1.29, 1.82) is 5.41 Å². The van der Waals surface area contributed by atoms with E-state index in [1.54, 1.807) is 31.3 Å². The first-order valence-corrected chi connectivity index (χ1v) is 7.69. The molecule has 3 rings (SSSR count). The Hall–Kier alpha value is -3.48. The minimum absolute atomic E-state index is 0.0302. The second-order valence-electron chi connectivity index (χ2n) is 5.60. The van der Waals surface area contributed by atoms with Crippen LogP contribution in [0.5, 0.6) is 0 Å². The molecule has 0 atom stereocenters. The molecule has 0 aliphatic heterocycles. The summed E-state index contributed by atoms with van der Waals surface area (Å²) in [6, 6.07) is 7.11. The normalized spacial score (nSPS) is 11.1. The zero-order valence-corrected chi connectivity index (χ0v) is 13.8. The summed E-state index contributed by atoms with van der Waals surface area (Å²) in [5, 5.41) is 10.2. The summed E-state index contributed by atoms with van der Waals surface area (Å²) < 4.78 is 0. The van der Waals surface area contributed by atoms with Gasteiger partial charge < -0.3 is 10.3 Å². The highest BCUT2D eigenvalue weighted by Crippen LogP contribution is 2.25. The molecule has 126 valence electrons. The first-order valence-electron chi connectivity index (χ1n) is 7.69. The number of amidine groups is 1. The van der Waals surface area contributed by atoms with Crippen molar-refractivity contribution < 1.29 is 4.79 Å². The number of pyridine rings is 1. The van der Waals surface area contributed by atoms with E-state index in [2.05, 4.69) is 20.3 Å². The largest absolute Gasteiger partial charge is 0.325 e. The number of hydrogen-bond acceptors (Lipinski definition) is 4. The minimum atomic E-state index is -0.353. The van der Waals surface area contributed by atoms with E-state index in [0.29, 0.717) is 16.7 Å². The number of allylic oxidation sites excluding steroid dienone is 1. The van der Waals surface area contributed by atoms with Crippen LogP contribution in [0.2, 0.25) is 0 Å². The van der Waals surface area contributed by atoms with Crippen LogP contribution in [0.15, 0.2) is 47.4 Å². The Kier molecular flexibility index (Phi) is 4.30. The average molecular weight is 335 g/mol. The van der Waals surface area contributed by atoms with E-state index in [-0.39, 0.29) is 17.4 Å². The van der Waals surface area contributed by atoms with Crippen LogP contribution in [-0.4, -0.2) is 26.7 Å². The van der Waals surface area contributed by atoms with Crippen molar-refractivity contribution in [3.63, 3.8) is 0 Å². The molecule has 7 heteroatoms. The number of amides is 1. The van der Waals surface area contributed by atoms with E-state index in [9.17, 15) is 9.59 Å². The quantitative estimate of drug-likeness (QED) is 0.435. The van der Waals surface area contributed by atoms with Crippen molar-refractivity contribution in [2.45, 2.75) is 13.8 Å². The smallest absolute Gasteiger partial charge is 0.307 e. The second-order valence-corrected chi connectivity index (χ2v) is 5.60. The molecule has 2 heterocycles. The maximum Gasteiger partial charge on any atom is 0.325 e. The number of aromatic nitrogens is 3. The summed E-state index contributed by atoms with van der Waals surface area (Å²) >= 11 is 0. The number of aryl methyl sites for hydroxylation is 1. The molecule has 7 nitrogen and oxygen atoms in total. The third-order valence-electron chi connectivity index (χ3n) is 3.76. The van der Waals surface area contributed by atoms with Gasteiger partial charge in [-0.25, -0.2) is 9.78 Å². The predicted octanol–water partition coefficient (Wildman–Crippen LogP) is 2.51. The van der Waals surface area contributed by atoms with Gasteiger partial charge in [-0.2, -0.15) is 0 Å². The highest BCUT2D eigenvalue weighted by atomic mass is 16.2. The van der Waals surface area contributed by atoms with Gasteiger partial charge in [-0.3, -0.25) is 15.2 Å². The lowest BCUT2D eigenvalue weighted by atomic mass is 9.99. The van der Waals surface area contributed by atoms with E-state index in [4.69, 9.17) is 5.41 Å². The third kappa shape index (κ3) is 3.40. The average Bonchev–Trinajstić information content (AvgIpc) is 2.94. The number of rotatable bonds is 3. The minimum Gasteiger partial charge on any atom is -0.307 e. The van der Waals surface area contributed by atoms with Gasteiger partial charge in [0.2, 0.25) is 0 Å². The molecule has 1 aromatic carbocycles. The van der Waals surface area contributed by atoms with Crippen LogP contribution in [0.25, 0.3) is 22.3 Å². The molecule has 0 saturated carbocycles. The fourth-order valence-electron chi connectivity index (χ4n) is 2.55. The lowest BCUT2D eigenvalue weighted by Crippen LogP contribution is -2.28. The van der Waals surface area contributed by atoms with Crippen molar-refractivity contribution in [3.05, 3.63) is 64.2 Å². The summed E-state index contributed by atoms with van der Waals surface area (Å²) in [6.45, 7) is 3.71. The Bertz CT molecular complexity index is 1060. The number of fused-ring (bicyclic) bond motifs is 1.